The van der Waals surface area contributed by atoms with Gasteiger partial charge in [0.25, 0.3) is 5.69 Å². The molecule has 1 heterocycles. The van der Waals surface area contributed by atoms with Gasteiger partial charge in [0.15, 0.2) is 4.90 Å². The Morgan fingerprint density at radius 3 is 2.43 bits per heavy atom. The summed E-state index contributed by atoms with van der Waals surface area (Å²) < 4.78 is 28.4. The molecule has 0 aromatic heterocycles. The first-order valence-corrected chi connectivity index (χ1v) is 9.99. The van der Waals surface area contributed by atoms with Gasteiger partial charge < -0.3 is 4.90 Å². The number of β-lactam (4-membered cyclic amide) rings is 1. The van der Waals surface area contributed by atoms with E-state index < -0.39 is 37.0 Å². The van der Waals surface area contributed by atoms with Crippen LogP contribution >= 0.6 is 0 Å². The lowest BCUT2D eigenvalue weighted by molar-refractivity contribution is -0.387. The van der Waals surface area contributed by atoms with Gasteiger partial charge in [-0.2, -0.15) is 4.72 Å². The van der Waals surface area contributed by atoms with Crippen LogP contribution in [-0.4, -0.2) is 42.8 Å². The van der Waals surface area contributed by atoms with Crippen molar-refractivity contribution >= 4 is 21.6 Å². The number of sulfonamides is 1. The summed E-state index contributed by atoms with van der Waals surface area (Å²) in [6.07, 6.45) is 1.70. The highest BCUT2D eigenvalue weighted by atomic mass is 32.2. The maximum atomic E-state index is 13.0. The summed E-state index contributed by atoms with van der Waals surface area (Å²) in [5, 5.41) is 11.2. The number of rotatable bonds is 8. The molecule has 1 saturated heterocycles. The summed E-state index contributed by atoms with van der Waals surface area (Å²) in [5.41, 5.74) is -1.16. The molecular formula is C19H19N3O5S. The summed E-state index contributed by atoms with van der Waals surface area (Å²) in [6, 6.07) is 14.1. The Morgan fingerprint density at radius 1 is 1.18 bits per heavy atom. The van der Waals surface area contributed by atoms with Crippen molar-refractivity contribution in [3.05, 3.63) is 82.9 Å². The van der Waals surface area contributed by atoms with Crippen LogP contribution in [0.4, 0.5) is 5.69 Å². The van der Waals surface area contributed by atoms with Crippen LogP contribution in [0.1, 0.15) is 5.56 Å². The smallest absolute Gasteiger partial charge is 0.289 e. The summed E-state index contributed by atoms with van der Waals surface area (Å²) in [5.74, 6) is -0.390. The maximum Gasteiger partial charge on any atom is 0.289 e. The first kappa shape index (κ1) is 19.7. The fraction of sp³-hybridized carbons (Fsp3) is 0.211. The predicted octanol–water partition coefficient (Wildman–Crippen LogP) is 1.88. The van der Waals surface area contributed by atoms with Crippen LogP contribution in [-0.2, 0) is 21.2 Å². The highest BCUT2D eigenvalue weighted by Crippen LogP contribution is 2.31. The molecule has 8 nitrogen and oxygen atoms in total. The zero-order chi connectivity index (χ0) is 20.4. The molecule has 146 valence electrons. The molecule has 0 bridgehead atoms. The molecule has 1 atom stereocenters. The van der Waals surface area contributed by atoms with E-state index in [1.165, 1.54) is 17.0 Å². The van der Waals surface area contributed by atoms with Crippen LogP contribution in [0.15, 0.2) is 72.1 Å². The number of benzene rings is 2. The van der Waals surface area contributed by atoms with Gasteiger partial charge in [0.1, 0.15) is 5.54 Å². The largest absolute Gasteiger partial charge is 0.335 e. The van der Waals surface area contributed by atoms with Gasteiger partial charge in [-0.05, 0) is 11.6 Å². The lowest BCUT2D eigenvalue weighted by atomic mass is 9.83. The number of carbonyl (C=O) groups excluding carboxylic acids is 1. The second-order valence-electron chi connectivity index (χ2n) is 6.55. The number of para-hydroxylation sites is 1. The third-order valence-corrected chi connectivity index (χ3v) is 6.12. The van der Waals surface area contributed by atoms with Crippen molar-refractivity contribution in [2.75, 3.05) is 13.1 Å². The average Bonchev–Trinajstić information content (AvgIpc) is 2.68. The topological polar surface area (TPSA) is 110 Å². The van der Waals surface area contributed by atoms with E-state index in [1.54, 1.807) is 30.3 Å². The molecule has 0 saturated carbocycles. The standard InChI is InChI=1S/C19H19N3O5S/c1-2-12-21-14-19(18(21)23,13-15-8-4-3-5-9-15)20-28(26,27)17-11-7-6-10-16(17)22(24)25/h2-11,20H,1,12-14H2. The van der Waals surface area contributed by atoms with Crippen LogP contribution in [0, 0.1) is 10.1 Å². The molecule has 1 amide bonds. The lowest BCUT2D eigenvalue weighted by Crippen LogP contribution is -2.75. The second kappa shape index (κ2) is 7.53. The fourth-order valence-corrected chi connectivity index (χ4v) is 4.84. The van der Waals surface area contributed by atoms with Gasteiger partial charge in [0.2, 0.25) is 15.9 Å². The zero-order valence-corrected chi connectivity index (χ0v) is 15.8. The Bertz CT molecular complexity index is 1020. The van der Waals surface area contributed by atoms with Crippen LogP contribution in [0.2, 0.25) is 0 Å². The Balaban J connectivity index is 1.97. The van der Waals surface area contributed by atoms with Gasteiger partial charge >= 0.3 is 0 Å². The Morgan fingerprint density at radius 2 is 1.82 bits per heavy atom. The molecule has 1 fully saturated rings. The molecule has 2 aromatic rings. The van der Waals surface area contributed by atoms with Crippen LogP contribution in [0.3, 0.4) is 0 Å². The predicted molar refractivity (Wildman–Crippen MR) is 103 cm³/mol. The Labute approximate surface area is 162 Å². The number of likely N-dealkylation sites (tertiary alicyclic amines) is 1. The minimum Gasteiger partial charge on any atom is -0.335 e. The fourth-order valence-electron chi connectivity index (χ4n) is 3.32. The van der Waals surface area contributed by atoms with Gasteiger partial charge in [-0.15, -0.1) is 6.58 Å². The molecule has 1 aliphatic rings. The number of nitro groups is 1. The van der Waals surface area contributed by atoms with E-state index in [0.717, 1.165) is 17.7 Å². The van der Waals surface area contributed by atoms with E-state index in [2.05, 4.69) is 11.3 Å². The summed E-state index contributed by atoms with van der Waals surface area (Å²) >= 11 is 0. The van der Waals surface area contributed by atoms with Crippen LogP contribution in [0.25, 0.3) is 0 Å². The number of hydrogen-bond acceptors (Lipinski definition) is 5. The van der Waals surface area contributed by atoms with Crippen molar-refractivity contribution in [2.45, 2.75) is 16.9 Å². The molecule has 9 heteroatoms. The number of hydrogen-bond donors (Lipinski definition) is 1. The van der Waals surface area contributed by atoms with E-state index in [0.29, 0.717) is 6.54 Å². The van der Waals surface area contributed by atoms with Crippen molar-refractivity contribution in [2.24, 2.45) is 0 Å². The quantitative estimate of drug-likeness (QED) is 0.314. The number of nitrogens with one attached hydrogen (secondary N) is 1. The molecule has 0 aliphatic carbocycles. The first-order chi connectivity index (χ1) is 13.3. The summed E-state index contributed by atoms with van der Waals surface area (Å²) in [7, 11) is -4.31. The molecular weight excluding hydrogens is 382 g/mol. The normalized spacial score (nSPS) is 19.1. The van der Waals surface area contributed by atoms with Gasteiger partial charge in [-0.25, -0.2) is 8.42 Å². The molecule has 1 aliphatic heterocycles. The molecule has 3 rings (SSSR count). The molecule has 28 heavy (non-hydrogen) atoms. The van der Waals surface area contributed by atoms with Crippen molar-refractivity contribution < 1.29 is 18.1 Å². The number of nitrogens with zero attached hydrogens (tertiary/aromatic N) is 2. The number of amides is 1. The highest BCUT2D eigenvalue weighted by molar-refractivity contribution is 7.89. The minimum atomic E-state index is -4.31. The molecule has 1 N–H and O–H groups in total. The van der Waals surface area contributed by atoms with Crippen molar-refractivity contribution in [1.29, 1.82) is 0 Å². The van der Waals surface area contributed by atoms with Gasteiger partial charge in [0.05, 0.1) is 4.92 Å². The monoisotopic (exact) mass is 401 g/mol. The van der Waals surface area contributed by atoms with E-state index in [-0.39, 0.29) is 13.0 Å². The molecule has 0 spiro atoms. The third kappa shape index (κ3) is 3.67. The first-order valence-electron chi connectivity index (χ1n) is 8.51. The van der Waals surface area contributed by atoms with Gasteiger partial charge in [0, 0.05) is 25.6 Å². The number of carbonyl (C=O) groups is 1. The SMILES string of the molecule is C=CCN1CC(Cc2ccccc2)(NS(=O)(=O)c2ccccc2[N+](=O)[O-])C1=O. The van der Waals surface area contributed by atoms with E-state index in [4.69, 9.17) is 0 Å². The third-order valence-electron chi connectivity index (χ3n) is 4.54. The Kier molecular flexibility index (Phi) is 5.30. The summed E-state index contributed by atoms with van der Waals surface area (Å²) in [6.45, 7) is 4.03. The van der Waals surface area contributed by atoms with Crippen LogP contribution < -0.4 is 4.72 Å². The minimum absolute atomic E-state index is 0.139. The van der Waals surface area contributed by atoms with Crippen molar-refractivity contribution in [3.63, 3.8) is 0 Å². The molecule has 2 aromatic carbocycles. The van der Waals surface area contributed by atoms with E-state index in [9.17, 15) is 23.3 Å². The van der Waals surface area contributed by atoms with Crippen LogP contribution in [0.5, 0.6) is 0 Å². The van der Waals surface area contributed by atoms with Crippen molar-refractivity contribution in [3.8, 4) is 0 Å². The Hall–Kier alpha value is -3.04. The van der Waals surface area contributed by atoms with Gasteiger partial charge in [-0.1, -0.05) is 48.5 Å². The summed E-state index contributed by atoms with van der Waals surface area (Å²) in [4.78, 5) is 24.3. The second-order valence-corrected chi connectivity index (χ2v) is 8.20. The van der Waals surface area contributed by atoms with E-state index in [1.807, 2.05) is 6.07 Å². The molecule has 0 radical (unpaired) electrons. The van der Waals surface area contributed by atoms with Gasteiger partial charge in [-0.3, -0.25) is 14.9 Å². The highest BCUT2D eigenvalue weighted by Gasteiger charge is 2.54. The molecule has 1 unspecified atom stereocenters. The van der Waals surface area contributed by atoms with Crippen molar-refractivity contribution in [1.82, 2.24) is 9.62 Å². The zero-order valence-electron chi connectivity index (χ0n) is 14.9. The number of nitro benzene ring substituents is 1. The van der Waals surface area contributed by atoms with E-state index >= 15 is 0 Å². The lowest BCUT2D eigenvalue weighted by Gasteiger charge is -2.48. The maximum absolute atomic E-state index is 13.0. The average molecular weight is 401 g/mol.